The summed E-state index contributed by atoms with van der Waals surface area (Å²) in [5.41, 5.74) is -0.0183. The Labute approximate surface area is 239 Å². The normalized spacial score (nSPS) is 14.8. The minimum absolute atomic E-state index is 0.0312. The molecule has 1 atom stereocenters. The van der Waals surface area contributed by atoms with Gasteiger partial charge in [-0.2, -0.15) is 22.0 Å². The quantitative estimate of drug-likeness (QED) is 0.158. The second kappa shape index (κ2) is 14.2. The van der Waals surface area contributed by atoms with E-state index in [1.165, 1.54) is 36.4 Å². The molecule has 0 aliphatic heterocycles. The maximum atomic E-state index is 13.1. The lowest BCUT2D eigenvalue weighted by atomic mass is 9.84. The lowest BCUT2D eigenvalue weighted by molar-refractivity contribution is -0.137. The molecule has 1 aliphatic rings. The van der Waals surface area contributed by atoms with Gasteiger partial charge >= 0.3 is 12.8 Å². The third kappa shape index (κ3) is 8.95. The van der Waals surface area contributed by atoms with Crippen LogP contribution >= 0.6 is 0 Å². The fraction of sp³-hybridized carbons (Fsp3) is 0.400. The molecule has 1 saturated carbocycles. The minimum atomic E-state index is -4.52. The molecule has 2 amide bonds. The van der Waals surface area contributed by atoms with Gasteiger partial charge in [0.15, 0.2) is 5.76 Å². The third-order valence-electron chi connectivity index (χ3n) is 7.05. The van der Waals surface area contributed by atoms with Crippen LogP contribution in [0, 0.1) is 5.92 Å². The number of alkyl halides is 5. The van der Waals surface area contributed by atoms with Crippen molar-refractivity contribution in [2.45, 2.75) is 57.4 Å². The van der Waals surface area contributed by atoms with Gasteiger partial charge in [0, 0.05) is 24.3 Å². The zero-order chi connectivity index (χ0) is 30.1. The number of hydrogen-bond acceptors (Lipinski definition) is 5. The largest absolute Gasteiger partial charge is 0.451 e. The number of hydrogen-bond donors (Lipinski definition) is 3. The fourth-order valence-electron chi connectivity index (χ4n) is 4.95. The molecule has 0 bridgehead atoms. The van der Waals surface area contributed by atoms with Crippen molar-refractivity contribution >= 4 is 17.5 Å². The minimum Gasteiger partial charge on any atom is -0.451 e. The highest BCUT2D eigenvalue weighted by Crippen LogP contribution is 2.33. The van der Waals surface area contributed by atoms with Crippen LogP contribution in [0.4, 0.5) is 27.6 Å². The number of carbonyl (C=O) groups excluding carboxylic acids is 2. The lowest BCUT2D eigenvalue weighted by Gasteiger charge is -2.26. The number of nitrogens with one attached hydrogen (secondary N) is 3. The van der Waals surface area contributed by atoms with Gasteiger partial charge < -0.3 is 25.1 Å². The number of rotatable bonds is 12. The zero-order valence-electron chi connectivity index (χ0n) is 22.7. The number of anilines is 1. The van der Waals surface area contributed by atoms with Crippen LogP contribution in [0.3, 0.4) is 0 Å². The van der Waals surface area contributed by atoms with E-state index in [0.717, 1.165) is 44.2 Å². The summed E-state index contributed by atoms with van der Waals surface area (Å²) in [6.07, 6.45) is 1.06. The first kappa shape index (κ1) is 30.9. The highest BCUT2D eigenvalue weighted by molar-refractivity contribution is 5.96. The monoisotopic (exact) mass is 593 g/mol. The smallest absolute Gasteiger partial charge is 0.416 e. The third-order valence-corrected chi connectivity index (χ3v) is 7.05. The number of benzene rings is 2. The summed E-state index contributed by atoms with van der Waals surface area (Å²) in [6, 6.07) is 12.5. The highest BCUT2D eigenvalue weighted by atomic mass is 19.4. The molecule has 0 saturated heterocycles. The Bertz CT molecular complexity index is 1320. The van der Waals surface area contributed by atoms with Crippen LogP contribution in [0.25, 0.3) is 11.3 Å². The Morgan fingerprint density at radius 2 is 1.69 bits per heavy atom. The van der Waals surface area contributed by atoms with E-state index in [4.69, 9.17) is 4.42 Å². The van der Waals surface area contributed by atoms with Gasteiger partial charge in [0.05, 0.1) is 5.56 Å². The van der Waals surface area contributed by atoms with Crippen molar-refractivity contribution in [2.75, 3.05) is 18.4 Å². The van der Waals surface area contributed by atoms with Crippen molar-refractivity contribution in [2.24, 2.45) is 5.92 Å². The molecular weight excluding hydrogens is 561 g/mol. The number of halogens is 5. The summed E-state index contributed by atoms with van der Waals surface area (Å²) < 4.78 is 73.9. The van der Waals surface area contributed by atoms with Gasteiger partial charge in [-0.3, -0.25) is 9.59 Å². The number of furan rings is 1. The van der Waals surface area contributed by atoms with Crippen molar-refractivity contribution in [1.29, 1.82) is 0 Å². The summed E-state index contributed by atoms with van der Waals surface area (Å²) in [7, 11) is 0. The van der Waals surface area contributed by atoms with Gasteiger partial charge in [-0.05, 0) is 60.9 Å². The second-order valence-corrected chi connectivity index (χ2v) is 10.1. The van der Waals surface area contributed by atoms with Gasteiger partial charge in [-0.15, -0.1) is 0 Å². The summed E-state index contributed by atoms with van der Waals surface area (Å²) in [5, 5.41) is 8.62. The maximum Gasteiger partial charge on any atom is 0.416 e. The zero-order valence-corrected chi connectivity index (χ0v) is 22.7. The van der Waals surface area contributed by atoms with Crippen molar-refractivity contribution < 1.29 is 40.7 Å². The van der Waals surface area contributed by atoms with Crippen LogP contribution in [0.1, 0.15) is 54.6 Å². The molecule has 2 aromatic carbocycles. The van der Waals surface area contributed by atoms with Crippen molar-refractivity contribution in [3.05, 3.63) is 72.0 Å². The van der Waals surface area contributed by atoms with Crippen LogP contribution < -0.4 is 20.7 Å². The fourth-order valence-corrected chi connectivity index (χ4v) is 4.95. The van der Waals surface area contributed by atoms with E-state index in [9.17, 15) is 31.5 Å². The Hall–Kier alpha value is -4.09. The number of ether oxygens (including phenoxy) is 1. The Morgan fingerprint density at radius 3 is 2.38 bits per heavy atom. The Kier molecular flexibility index (Phi) is 10.4. The molecule has 0 spiro atoms. The van der Waals surface area contributed by atoms with Crippen LogP contribution in [-0.2, 0) is 11.0 Å². The number of amides is 2. The summed E-state index contributed by atoms with van der Waals surface area (Å²) in [4.78, 5) is 26.2. The van der Waals surface area contributed by atoms with E-state index in [2.05, 4.69) is 20.7 Å². The topological polar surface area (TPSA) is 92.6 Å². The van der Waals surface area contributed by atoms with E-state index in [1.807, 2.05) is 0 Å². The van der Waals surface area contributed by atoms with E-state index >= 15 is 0 Å². The van der Waals surface area contributed by atoms with Crippen molar-refractivity contribution in [3.63, 3.8) is 0 Å². The standard InChI is InChI=1S/C30H32F5N3O4/c31-29(32)41-23-11-9-22(10-12-23)36-15-16-37-27(39)24(17-19-5-2-1-3-6-19)38-28(40)26-14-13-25(42-26)20-7-4-8-21(18-20)30(33,34)35/h4,7-14,18-19,24,29,36H,1-3,5-6,15-17H2,(H,37,39)(H,38,40). The molecule has 7 nitrogen and oxygen atoms in total. The Morgan fingerprint density at radius 1 is 0.952 bits per heavy atom. The first-order valence-electron chi connectivity index (χ1n) is 13.7. The predicted molar refractivity (Wildman–Crippen MR) is 146 cm³/mol. The SMILES string of the molecule is O=C(NC(CC1CCCCC1)C(=O)NCCNc1ccc(OC(F)F)cc1)c1ccc(-c2cccc(C(F)(F)F)c2)o1. The molecule has 0 radical (unpaired) electrons. The summed E-state index contributed by atoms with van der Waals surface area (Å²) in [5.74, 6) is -0.749. The first-order chi connectivity index (χ1) is 20.1. The maximum absolute atomic E-state index is 13.1. The van der Waals surface area contributed by atoms with Crippen LogP contribution in [0.15, 0.2) is 65.1 Å². The molecule has 12 heteroatoms. The molecule has 1 unspecified atom stereocenters. The van der Waals surface area contributed by atoms with E-state index in [0.29, 0.717) is 18.7 Å². The molecular formula is C30H32F5N3O4. The average Bonchev–Trinajstić information content (AvgIpc) is 3.46. The molecule has 226 valence electrons. The summed E-state index contributed by atoms with van der Waals surface area (Å²) >= 11 is 0. The molecule has 3 aromatic rings. The van der Waals surface area contributed by atoms with E-state index in [-0.39, 0.29) is 41.2 Å². The van der Waals surface area contributed by atoms with Crippen LogP contribution in [-0.4, -0.2) is 37.6 Å². The van der Waals surface area contributed by atoms with Gasteiger partial charge in [0.2, 0.25) is 5.91 Å². The molecule has 1 aliphatic carbocycles. The highest BCUT2D eigenvalue weighted by Gasteiger charge is 2.31. The average molecular weight is 594 g/mol. The van der Waals surface area contributed by atoms with Gasteiger partial charge in [-0.1, -0.05) is 44.2 Å². The molecule has 42 heavy (non-hydrogen) atoms. The Balaban J connectivity index is 1.35. The molecule has 3 N–H and O–H groups in total. The first-order valence-corrected chi connectivity index (χ1v) is 13.7. The van der Waals surface area contributed by atoms with E-state index < -0.39 is 30.3 Å². The lowest BCUT2D eigenvalue weighted by Crippen LogP contribution is -2.48. The molecule has 4 rings (SSSR count). The van der Waals surface area contributed by atoms with Gasteiger partial charge in [0.25, 0.3) is 5.91 Å². The van der Waals surface area contributed by atoms with Gasteiger partial charge in [-0.25, -0.2) is 0 Å². The van der Waals surface area contributed by atoms with Crippen molar-refractivity contribution in [3.8, 4) is 17.1 Å². The summed E-state index contributed by atoms with van der Waals surface area (Å²) in [6.45, 7) is -2.35. The molecule has 1 heterocycles. The van der Waals surface area contributed by atoms with Crippen LogP contribution in [0.5, 0.6) is 5.75 Å². The molecule has 1 fully saturated rings. The number of carbonyl (C=O) groups is 2. The molecule has 1 aromatic heterocycles. The second-order valence-electron chi connectivity index (χ2n) is 10.1. The van der Waals surface area contributed by atoms with Crippen LogP contribution in [0.2, 0.25) is 0 Å². The van der Waals surface area contributed by atoms with E-state index in [1.54, 1.807) is 12.1 Å². The van der Waals surface area contributed by atoms with Gasteiger partial charge in [0.1, 0.15) is 17.6 Å². The van der Waals surface area contributed by atoms with Crippen molar-refractivity contribution in [1.82, 2.24) is 10.6 Å². The predicted octanol–water partition coefficient (Wildman–Crippen LogP) is 6.86.